The average molecular weight is 377 g/mol. The maximum absolute atomic E-state index is 4.96. The van der Waals surface area contributed by atoms with Crippen LogP contribution in [0.15, 0.2) is 85.1 Å². The molecule has 0 aliphatic carbocycles. The number of anilines is 1. The number of nitrogens with zero attached hydrogens (tertiary/aromatic N) is 4. The summed E-state index contributed by atoms with van der Waals surface area (Å²) >= 11 is 0. The van der Waals surface area contributed by atoms with E-state index in [1.807, 2.05) is 28.9 Å². The summed E-state index contributed by atoms with van der Waals surface area (Å²) in [6.45, 7) is 2.07. The van der Waals surface area contributed by atoms with Crippen molar-refractivity contribution in [2.45, 2.75) is 13.1 Å². The van der Waals surface area contributed by atoms with E-state index in [2.05, 4.69) is 77.6 Å². The minimum absolute atomic E-state index is 0.0789. The molecule has 0 fully saturated rings. The molecule has 0 saturated heterocycles. The molecule has 0 unspecified atom stereocenters. The summed E-state index contributed by atoms with van der Waals surface area (Å²) in [7, 11) is 0. The van der Waals surface area contributed by atoms with Gasteiger partial charge in [0, 0.05) is 23.0 Å². The molecular weight excluding hydrogens is 358 g/mol. The molecule has 1 atom stereocenters. The molecule has 0 spiro atoms. The summed E-state index contributed by atoms with van der Waals surface area (Å²) in [4.78, 5) is 4.96. The largest absolute Gasteiger partial charge is 0.360 e. The Balaban J connectivity index is 1.58. The van der Waals surface area contributed by atoms with Crippen molar-refractivity contribution in [1.82, 2.24) is 19.3 Å². The molecule has 6 rings (SSSR count). The maximum Gasteiger partial charge on any atom is 0.145 e. The first-order valence-corrected chi connectivity index (χ1v) is 9.74. The third kappa shape index (κ3) is 2.41. The van der Waals surface area contributed by atoms with Crippen LogP contribution in [-0.4, -0.2) is 19.3 Å². The Morgan fingerprint density at radius 2 is 1.62 bits per heavy atom. The number of nitrogens with one attached hydrogen (secondary N) is 1. The van der Waals surface area contributed by atoms with Crippen LogP contribution in [0.1, 0.15) is 17.4 Å². The number of aromatic nitrogens is 4. The van der Waals surface area contributed by atoms with Crippen molar-refractivity contribution >= 4 is 16.7 Å². The van der Waals surface area contributed by atoms with Crippen molar-refractivity contribution in [2.24, 2.45) is 0 Å². The monoisotopic (exact) mass is 377 g/mol. The number of hydrogen-bond acceptors (Lipinski definition) is 3. The third-order valence-electron chi connectivity index (χ3n) is 5.57. The summed E-state index contributed by atoms with van der Waals surface area (Å²) in [5.74, 6) is 0.984. The summed E-state index contributed by atoms with van der Waals surface area (Å²) in [6, 6.07) is 26.9. The van der Waals surface area contributed by atoms with Crippen LogP contribution in [0, 0.1) is 6.92 Å². The van der Waals surface area contributed by atoms with Crippen LogP contribution >= 0.6 is 0 Å². The van der Waals surface area contributed by atoms with Crippen molar-refractivity contribution < 1.29 is 0 Å². The van der Waals surface area contributed by atoms with Crippen LogP contribution in [0.2, 0.25) is 0 Å². The van der Waals surface area contributed by atoms with Gasteiger partial charge in [0.05, 0.1) is 22.4 Å². The van der Waals surface area contributed by atoms with Gasteiger partial charge in [-0.15, -0.1) is 0 Å². The lowest BCUT2D eigenvalue weighted by molar-refractivity contribution is 0.665. The fraction of sp³-hybridized carbons (Fsp3) is 0.0833. The molecule has 140 valence electrons. The quantitative estimate of drug-likeness (QED) is 0.462. The number of para-hydroxylation sites is 4. The molecule has 3 aromatic carbocycles. The first-order valence-electron chi connectivity index (χ1n) is 9.74. The molecule has 29 heavy (non-hydrogen) atoms. The number of fused-ring (bicyclic) bond motifs is 5. The van der Waals surface area contributed by atoms with Gasteiger partial charge in [-0.2, -0.15) is 5.10 Å². The molecule has 0 saturated carbocycles. The zero-order valence-electron chi connectivity index (χ0n) is 15.9. The topological polar surface area (TPSA) is 47.7 Å². The smallest absolute Gasteiger partial charge is 0.145 e. The average Bonchev–Trinajstić information content (AvgIpc) is 3.35. The predicted molar refractivity (Wildman–Crippen MR) is 115 cm³/mol. The molecule has 1 N–H and O–H groups in total. The van der Waals surface area contributed by atoms with Crippen LogP contribution < -0.4 is 5.32 Å². The van der Waals surface area contributed by atoms with Gasteiger partial charge in [0.15, 0.2) is 0 Å². The van der Waals surface area contributed by atoms with E-state index in [1.165, 1.54) is 0 Å². The van der Waals surface area contributed by atoms with Gasteiger partial charge < -0.3 is 5.32 Å². The number of aryl methyl sites for hydroxylation is 1. The SMILES string of the molecule is Cc1nn(-c2ccccc2)cc1[C@@H]1Nc2ccccc2-c2nc3ccccc3n21. The first kappa shape index (κ1) is 16.1. The second kappa shape index (κ2) is 6.07. The number of rotatable bonds is 2. The summed E-state index contributed by atoms with van der Waals surface area (Å²) in [6.07, 6.45) is 2.04. The predicted octanol–water partition coefficient (Wildman–Crippen LogP) is 5.17. The lowest BCUT2D eigenvalue weighted by atomic mass is 10.1. The van der Waals surface area contributed by atoms with Gasteiger partial charge in [-0.05, 0) is 43.3 Å². The van der Waals surface area contributed by atoms with Gasteiger partial charge in [-0.25, -0.2) is 9.67 Å². The highest BCUT2D eigenvalue weighted by Crippen LogP contribution is 2.41. The molecule has 2 aromatic heterocycles. The zero-order chi connectivity index (χ0) is 19.4. The minimum Gasteiger partial charge on any atom is -0.360 e. The van der Waals surface area contributed by atoms with E-state index in [4.69, 9.17) is 10.1 Å². The molecule has 0 radical (unpaired) electrons. The molecule has 1 aliphatic rings. The summed E-state index contributed by atoms with van der Waals surface area (Å²) in [5.41, 5.74) is 7.50. The molecule has 0 amide bonds. The third-order valence-corrected chi connectivity index (χ3v) is 5.57. The van der Waals surface area contributed by atoms with E-state index in [0.29, 0.717) is 0 Å². The molecule has 5 aromatic rings. The maximum atomic E-state index is 4.96. The van der Waals surface area contributed by atoms with Gasteiger partial charge in [-0.3, -0.25) is 4.57 Å². The van der Waals surface area contributed by atoms with Gasteiger partial charge in [0.25, 0.3) is 0 Å². The lowest BCUT2D eigenvalue weighted by Gasteiger charge is -2.29. The molecule has 1 aliphatic heterocycles. The summed E-state index contributed by atoms with van der Waals surface area (Å²) in [5, 5.41) is 8.52. The Hall–Kier alpha value is -3.86. The first-order chi connectivity index (χ1) is 14.3. The van der Waals surface area contributed by atoms with Crippen LogP contribution in [-0.2, 0) is 0 Å². The van der Waals surface area contributed by atoms with E-state index in [0.717, 1.165) is 45.1 Å². The van der Waals surface area contributed by atoms with Crippen LogP contribution in [0.5, 0.6) is 0 Å². The van der Waals surface area contributed by atoms with E-state index in [9.17, 15) is 0 Å². The van der Waals surface area contributed by atoms with Crippen molar-refractivity contribution in [2.75, 3.05) is 5.32 Å². The minimum atomic E-state index is -0.0789. The standard InChI is InChI=1S/C24H19N5/c1-16-19(15-28(27-16)17-9-3-2-4-10-17)24-25-20-12-6-5-11-18(20)23-26-21-13-7-8-14-22(21)29(23)24/h2-15,24-25H,1H3/t24-/m1/s1. The van der Waals surface area contributed by atoms with Crippen LogP contribution in [0.3, 0.4) is 0 Å². The Bertz CT molecular complexity index is 1350. The highest BCUT2D eigenvalue weighted by atomic mass is 15.3. The van der Waals surface area contributed by atoms with Crippen LogP contribution in [0.4, 0.5) is 5.69 Å². The molecule has 5 nitrogen and oxygen atoms in total. The Labute approximate surface area is 168 Å². The van der Waals surface area contributed by atoms with Gasteiger partial charge in [0.2, 0.25) is 0 Å². The van der Waals surface area contributed by atoms with Crippen molar-refractivity contribution in [3.05, 3.63) is 96.3 Å². The van der Waals surface area contributed by atoms with E-state index >= 15 is 0 Å². The second-order valence-electron chi connectivity index (χ2n) is 7.34. The zero-order valence-corrected chi connectivity index (χ0v) is 15.9. The van der Waals surface area contributed by atoms with E-state index in [-0.39, 0.29) is 6.17 Å². The normalized spacial score (nSPS) is 15.0. The highest BCUT2D eigenvalue weighted by Gasteiger charge is 2.30. The fourth-order valence-electron chi connectivity index (χ4n) is 4.18. The second-order valence-corrected chi connectivity index (χ2v) is 7.34. The lowest BCUT2D eigenvalue weighted by Crippen LogP contribution is -2.25. The van der Waals surface area contributed by atoms with E-state index < -0.39 is 0 Å². The van der Waals surface area contributed by atoms with Crippen LogP contribution in [0.25, 0.3) is 28.1 Å². The van der Waals surface area contributed by atoms with Gasteiger partial charge in [-0.1, -0.05) is 42.5 Å². The van der Waals surface area contributed by atoms with E-state index in [1.54, 1.807) is 0 Å². The molecule has 3 heterocycles. The van der Waals surface area contributed by atoms with Crippen molar-refractivity contribution in [3.8, 4) is 17.1 Å². The molecule has 0 bridgehead atoms. The van der Waals surface area contributed by atoms with Gasteiger partial charge in [0.1, 0.15) is 12.0 Å². The summed E-state index contributed by atoms with van der Waals surface area (Å²) < 4.78 is 4.24. The fourth-order valence-corrected chi connectivity index (χ4v) is 4.18. The highest BCUT2D eigenvalue weighted by molar-refractivity contribution is 5.86. The Kier molecular flexibility index (Phi) is 3.38. The Morgan fingerprint density at radius 3 is 2.52 bits per heavy atom. The van der Waals surface area contributed by atoms with Crippen molar-refractivity contribution in [1.29, 1.82) is 0 Å². The molecule has 5 heteroatoms. The number of imidazole rings is 1. The number of hydrogen-bond donors (Lipinski definition) is 1. The van der Waals surface area contributed by atoms with Gasteiger partial charge >= 0.3 is 0 Å². The number of benzene rings is 3. The Morgan fingerprint density at radius 1 is 0.862 bits per heavy atom. The molecular formula is C24H19N5. The van der Waals surface area contributed by atoms with Crippen molar-refractivity contribution in [3.63, 3.8) is 0 Å².